The summed E-state index contributed by atoms with van der Waals surface area (Å²) in [7, 11) is 0. The molecular formula is C18H22N2O4. The summed E-state index contributed by atoms with van der Waals surface area (Å²) < 4.78 is 10.6. The van der Waals surface area contributed by atoms with E-state index in [9.17, 15) is 9.59 Å². The van der Waals surface area contributed by atoms with E-state index in [2.05, 4.69) is 5.32 Å². The lowest BCUT2D eigenvalue weighted by atomic mass is 9.84. The molecule has 2 heterocycles. The first-order valence-corrected chi connectivity index (χ1v) is 8.70. The van der Waals surface area contributed by atoms with Crippen LogP contribution in [0.1, 0.15) is 42.5 Å². The molecule has 2 amide bonds. The maximum absolute atomic E-state index is 12.6. The maximum Gasteiger partial charge on any atom is 0.253 e. The minimum Gasteiger partial charge on any atom is -0.454 e. The van der Waals surface area contributed by atoms with Crippen molar-refractivity contribution in [2.24, 2.45) is 5.92 Å². The van der Waals surface area contributed by atoms with Gasteiger partial charge in [-0.1, -0.05) is 6.42 Å². The molecule has 4 rings (SSSR count). The van der Waals surface area contributed by atoms with Gasteiger partial charge in [0.15, 0.2) is 11.5 Å². The Kier molecular flexibility index (Phi) is 4.04. The third kappa shape index (κ3) is 2.92. The third-order valence-electron chi connectivity index (χ3n) is 5.22. The molecule has 1 saturated heterocycles. The highest BCUT2D eigenvalue weighted by Crippen LogP contribution is 2.33. The third-order valence-corrected chi connectivity index (χ3v) is 5.22. The smallest absolute Gasteiger partial charge is 0.253 e. The Morgan fingerprint density at radius 1 is 1.04 bits per heavy atom. The van der Waals surface area contributed by atoms with Gasteiger partial charge < -0.3 is 19.7 Å². The fourth-order valence-corrected chi connectivity index (χ4v) is 3.43. The molecule has 6 heteroatoms. The van der Waals surface area contributed by atoms with Crippen LogP contribution in [0.4, 0.5) is 0 Å². The van der Waals surface area contributed by atoms with E-state index in [1.54, 1.807) is 18.2 Å². The monoisotopic (exact) mass is 330 g/mol. The number of amides is 2. The van der Waals surface area contributed by atoms with Gasteiger partial charge in [0.05, 0.1) is 0 Å². The molecule has 6 nitrogen and oxygen atoms in total. The van der Waals surface area contributed by atoms with E-state index in [-0.39, 0.29) is 30.6 Å². The van der Waals surface area contributed by atoms with E-state index >= 15 is 0 Å². The van der Waals surface area contributed by atoms with Crippen molar-refractivity contribution in [3.63, 3.8) is 0 Å². The van der Waals surface area contributed by atoms with Crippen LogP contribution in [-0.2, 0) is 4.79 Å². The van der Waals surface area contributed by atoms with Crippen LogP contribution in [-0.4, -0.2) is 42.6 Å². The summed E-state index contributed by atoms with van der Waals surface area (Å²) in [6.45, 7) is 1.55. The number of nitrogens with zero attached hydrogens (tertiary/aromatic N) is 1. The second kappa shape index (κ2) is 6.34. The van der Waals surface area contributed by atoms with Crippen molar-refractivity contribution in [1.29, 1.82) is 0 Å². The highest BCUT2D eigenvalue weighted by atomic mass is 16.7. The zero-order valence-electron chi connectivity index (χ0n) is 13.6. The highest BCUT2D eigenvalue weighted by molar-refractivity contribution is 5.95. The van der Waals surface area contributed by atoms with Gasteiger partial charge in [0, 0.05) is 30.6 Å². The topological polar surface area (TPSA) is 67.9 Å². The summed E-state index contributed by atoms with van der Waals surface area (Å²) in [5, 5.41) is 3.14. The lowest BCUT2D eigenvalue weighted by Crippen LogP contribution is -2.48. The van der Waals surface area contributed by atoms with Gasteiger partial charge in [0.2, 0.25) is 12.7 Å². The molecule has 0 aromatic heterocycles. The summed E-state index contributed by atoms with van der Waals surface area (Å²) in [5.74, 6) is 1.74. The zero-order chi connectivity index (χ0) is 16.5. The molecule has 1 N–H and O–H groups in total. The van der Waals surface area contributed by atoms with Gasteiger partial charge >= 0.3 is 0 Å². The molecule has 1 aromatic rings. The van der Waals surface area contributed by atoms with E-state index < -0.39 is 0 Å². The molecule has 2 fully saturated rings. The minimum absolute atomic E-state index is 0.0112. The standard InChI is InChI=1S/C18H22N2O4/c21-17(12-2-1-3-12)19-14-6-8-20(9-7-14)18(22)13-4-5-15-16(10-13)24-11-23-15/h4-5,10,12,14H,1-3,6-9,11H2,(H,19,21). The molecule has 1 aromatic carbocycles. The number of piperidine rings is 1. The first-order chi connectivity index (χ1) is 11.7. The second-order valence-electron chi connectivity index (χ2n) is 6.77. The Bertz CT molecular complexity index is 648. The van der Waals surface area contributed by atoms with Crippen molar-refractivity contribution in [3.8, 4) is 11.5 Å². The van der Waals surface area contributed by atoms with Gasteiger partial charge in [-0.15, -0.1) is 0 Å². The van der Waals surface area contributed by atoms with E-state index in [1.165, 1.54) is 6.42 Å². The number of fused-ring (bicyclic) bond motifs is 1. The van der Waals surface area contributed by atoms with E-state index in [0.29, 0.717) is 30.2 Å². The van der Waals surface area contributed by atoms with Crippen molar-refractivity contribution in [1.82, 2.24) is 10.2 Å². The van der Waals surface area contributed by atoms with Crippen LogP contribution in [0.5, 0.6) is 11.5 Å². The Morgan fingerprint density at radius 3 is 2.50 bits per heavy atom. The van der Waals surface area contributed by atoms with E-state index in [1.807, 2.05) is 4.90 Å². The zero-order valence-corrected chi connectivity index (χ0v) is 13.6. The van der Waals surface area contributed by atoms with E-state index in [0.717, 1.165) is 25.7 Å². The normalized spacial score (nSPS) is 20.6. The van der Waals surface area contributed by atoms with Crippen molar-refractivity contribution >= 4 is 11.8 Å². The molecule has 0 atom stereocenters. The number of benzene rings is 1. The molecule has 24 heavy (non-hydrogen) atoms. The van der Waals surface area contributed by atoms with Crippen LogP contribution in [0.15, 0.2) is 18.2 Å². The molecule has 0 bridgehead atoms. The minimum atomic E-state index is 0.0112. The Balaban J connectivity index is 1.32. The average Bonchev–Trinajstić information content (AvgIpc) is 3.00. The lowest BCUT2D eigenvalue weighted by Gasteiger charge is -2.34. The first kappa shape index (κ1) is 15.3. The van der Waals surface area contributed by atoms with Gasteiger partial charge in [-0.3, -0.25) is 9.59 Å². The van der Waals surface area contributed by atoms with Gasteiger partial charge in [-0.05, 0) is 43.9 Å². The van der Waals surface area contributed by atoms with Crippen molar-refractivity contribution in [2.45, 2.75) is 38.1 Å². The van der Waals surface area contributed by atoms with Crippen molar-refractivity contribution in [3.05, 3.63) is 23.8 Å². The van der Waals surface area contributed by atoms with Gasteiger partial charge in [0.25, 0.3) is 5.91 Å². The van der Waals surface area contributed by atoms with Gasteiger partial charge in [-0.2, -0.15) is 0 Å². The van der Waals surface area contributed by atoms with Crippen LogP contribution in [0.3, 0.4) is 0 Å². The Labute approximate surface area is 141 Å². The molecule has 1 aliphatic carbocycles. The second-order valence-corrected chi connectivity index (χ2v) is 6.77. The van der Waals surface area contributed by atoms with Crippen LogP contribution in [0, 0.1) is 5.92 Å². The first-order valence-electron chi connectivity index (χ1n) is 8.70. The molecule has 1 saturated carbocycles. The number of ether oxygens (including phenoxy) is 2. The van der Waals surface area contributed by atoms with Crippen molar-refractivity contribution in [2.75, 3.05) is 19.9 Å². The molecular weight excluding hydrogens is 308 g/mol. The summed E-state index contributed by atoms with van der Waals surface area (Å²) in [5.41, 5.74) is 0.621. The average molecular weight is 330 g/mol. The number of nitrogens with one attached hydrogen (secondary N) is 1. The van der Waals surface area contributed by atoms with Gasteiger partial charge in [0.1, 0.15) is 0 Å². The number of rotatable bonds is 3. The summed E-state index contributed by atoms with van der Waals surface area (Å²) in [4.78, 5) is 26.5. The molecule has 2 aliphatic heterocycles. The largest absolute Gasteiger partial charge is 0.454 e. The predicted molar refractivity (Wildman–Crippen MR) is 87.0 cm³/mol. The van der Waals surface area contributed by atoms with Crippen LogP contribution in [0.2, 0.25) is 0 Å². The number of carbonyl (C=O) groups excluding carboxylic acids is 2. The number of likely N-dealkylation sites (tertiary alicyclic amines) is 1. The van der Waals surface area contributed by atoms with Crippen molar-refractivity contribution < 1.29 is 19.1 Å². The molecule has 128 valence electrons. The number of hydrogen-bond donors (Lipinski definition) is 1. The number of carbonyl (C=O) groups is 2. The molecule has 3 aliphatic rings. The fourth-order valence-electron chi connectivity index (χ4n) is 3.43. The molecule has 0 spiro atoms. The summed E-state index contributed by atoms with van der Waals surface area (Å²) >= 11 is 0. The highest BCUT2D eigenvalue weighted by Gasteiger charge is 2.29. The molecule has 0 radical (unpaired) electrons. The van der Waals surface area contributed by atoms with Crippen LogP contribution < -0.4 is 14.8 Å². The summed E-state index contributed by atoms with van der Waals surface area (Å²) in [6.07, 6.45) is 4.84. The van der Waals surface area contributed by atoms with Gasteiger partial charge in [-0.25, -0.2) is 0 Å². The fraction of sp³-hybridized carbons (Fsp3) is 0.556. The van der Waals surface area contributed by atoms with Crippen LogP contribution >= 0.6 is 0 Å². The Hall–Kier alpha value is -2.24. The van der Waals surface area contributed by atoms with E-state index in [4.69, 9.17) is 9.47 Å². The SMILES string of the molecule is O=C(NC1CCN(C(=O)c2ccc3c(c2)OCO3)CC1)C1CCC1. The summed E-state index contributed by atoms with van der Waals surface area (Å²) in [6, 6.07) is 5.50. The maximum atomic E-state index is 12.6. The molecule has 0 unspecified atom stereocenters. The quantitative estimate of drug-likeness (QED) is 0.920. The lowest BCUT2D eigenvalue weighted by molar-refractivity contribution is -0.128. The number of hydrogen-bond acceptors (Lipinski definition) is 4. The Morgan fingerprint density at radius 2 is 1.79 bits per heavy atom. The van der Waals surface area contributed by atoms with Crippen LogP contribution in [0.25, 0.3) is 0 Å². The predicted octanol–water partition coefficient (Wildman–Crippen LogP) is 1.94.